The highest BCUT2D eigenvalue weighted by Crippen LogP contribution is 2.39. The fourth-order valence-corrected chi connectivity index (χ4v) is 4.08. The molecule has 3 rings (SSSR count). The number of rotatable bonds is 4. The van der Waals surface area contributed by atoms with Crippen LogP contribution in [0.5, 0.6) is 0 Å². The van der Waals surface area contributed by atoms with Gasteiger partial charge in [-0.15, -0.1) is 0 Å². The normalized spacial score (nSPS) is 32.8. The number of nitrogens with two attached hydrogens (primary N) is 1. The van der Waals surface area contributed by atoms with Crippen molar-refractivity contribution in [3.63, 3.8) is 0 Å². The Bertz CT molecular complexity index is 456. The van der Waals surface area contributed by atoms with Crippen molar-refractivity contribution < 1.29 is 0 Å². The molecule has 0 aromatic heterocycles. The summed E-state index contributed by atoms with van der Waals surface area (Å²) in [7, 11) is 2.26. The Balaban J connectivity index is 1.76. The molecular formula is C17H27N3. The second-order valence-electron chi connectivity index (χ2n) is 6.69. The fourth-order valence-electron chi connectivity index (χ4n) is 4.08. The average Bonchev–Trinajstić information content (AvgIpc) is 2.86. The molecule has 2 aliphatic rings. The van der Waals surface area contributed by atoms with Crippen LogP contribution in [0, 0.1) is 12.8 Å². The monoisotopic (exact) mass is 273 g/mol. The lowest BCUT2D eigenvalue weighted by Crippen LogP contribution is -2.60. The lowest BCUT2D eigenvalue weighted by molar-refractivity contribution is 0.0212. The van der Waals surface area contributed by atoms with Crippen molar-refractivity contribution >= 4 is 0 Å². The Kier molecular flexibility index (Phi) is 3.85. The van der Waals surface area contributed by atoms with Crippen molar-refractivity contribution in [1.29, 1.82) is 0 Å². The molecule has 3 atom stereocenters. The van der Waals surface area contributed by atoms with E-state index in [0.29, 0.717) is 0 Å². The maximum Gasteiger partial charge on any atom is 0.0385 e. The zero-order chi connectivity index (χ0) is 14.2. The van der Waals surface area contributed by atoms with Crippen molar-refractivity contribution in [1.82, 2.24) is 9.80 Å². The Morgan fingerprint density at radius 3 is 2.75 bits per heavy atom. The first-order chi connectivity index (χ1) is 9.64. The number of nitrogens with zero attached hydrogens (tertiary/aromatic N) is 2. The van der Waals surface area contributed by atoms with E-state index in [1.165, 1.54) is 43.6 Å². The van der Waals surface area contributed by atoms with Crippen LogP contribution in [0.1, 0.15) is 24.0 Å². The van der Waals surface area contributed by atoms with E-state index in [0.717, 1.165) is 19.0 Å². The van der Waals surface area contributed by atoms with Gasteiger partial charge in [0, 0.05) is 25.2 Å². The quantitative estimate of drug-likeness (QED) is 0.909. The van der Waals surface area contributed by atoms with Crippen molar-refractivity contribution in [3.8, 4) is 0 Å². The van der Waals surface area contributed by atoms with Crippen molar-refractivity contribution in [3.05, 3.63) is 35.4 Å². The van der Waals surface area contributed by atoms with Crippen LogP contribution in [-0.2, 0) is 6.54 Å². The Morgan fingerprint density at radius 2 is 2.05 bits per heavy atom. The van der Waals surface area contributed by atoms with E-state index in [9.17, 15) is 0 Å². The lowest BCUT2D eigenvalue weighted by atomic mass is 9.77. The Morgan fingerprint density at radius 1 is 1.30 bits per heavy atom. The number of hydrogen-bond acceptors (Lipinski definition) is 3. The highest BCUT2D eigenvalue weighted by atomic mass is 15.3. The van der Waals surface area contributed by atoms with Crippen LogP contribution in [0.4, 0.5) is 0 Å². The van der Waals surface area contributed by atoms with Crippen LogP contribution < -0.4 is 5.73 Å². The molecule has 2 saturated heterocycles. The van der Waals surface area contributed by atoms with E-state index in [2.05, 4.69) is 48.0 Å². The summed E-state index contributed by atoms with van der Waals surface area (Å²) in [5.74, 6) is 0.747. The standard InChI is InChI=1S/C17H27N3/c1-14-3-5-15(6-4-14)11-19(2)17(13-18)8-10-20-9-7-16(17)12-20/h3-6,16H,7-13,18H2,1-2H3. The fraction of sp³-hybridized carbons (Fsp3) is 0.647. The summed E-state index contributed by atoms with van der Waals surface area (Å²) in [5.41, 5.74) is 9.17. The molecule has 0 radical (unpaired) electrons. The molecule has 0 saturated carbocycles. The number of fused-ring (bicyclic) bond motifs is 2. The molecule has 3 unspecified atom stereocenters. The molecule has 3 nitrogen and oxygen atoms in total. The van der Waals surface area contributed by atoms with Gasteiger partial charge in [-0.2, -0.15) is 0 Å². The number of hydrogen-bond donors (Lipinski definition) is 1. The van der Waals surface area contributed by atoms with Gasteiger partial charge in [0.05, 0.1) is 0 Å². The van der Waals surface area contributed by atoms with Gasteiger partial charge in [-0.05, 0) is 51.4 Å². The molecule has 0 aliphatic carbocycles. The highest BCUT2D eigenvalue weighted by molar-refractivity contribution is 5.21. The third-order valence-corrected chi connectivity index (χ3v) is 5.55. The van der Waals surface area contributed by atoms with Gasteiger partial charge in [-0.3, -0.25) is 4.90 Å². The molecule has 0 spiro atoms. The van der Waals surface area contributed by atoms with Gasteiger partial charge < -0.3 is 10.6 Å². The van der Waals surface area contributed by atoms with Crippen LogP contribution in [0.25, 0.3) is 0 Å². The summed E-state index contributed by atoms with van der Waals surface area (Å²) < 4.78 is 0. The molecule has 2 bridgehead atoms. The van der Waals surface area contributed by atoms with E-state index < -0.39 is 0 Å². The van der Waals surface area contributed by atoms with E-state index in [-0.39, 0.29) is 5.54 Å². The molecule has 2 heterocycles. The largest absolute Gasteiger partial charge is 0.329 e. The Labute approximate surface area is 122 Å². The first kappa shape index (κ1) is 14.1. The summed E-state index contributed by atoms with van der Waals surface area (Å²) in [6, 6.07) is 8.91. The third kappa shape index (κ3) is 2.39. The van der Waals surface area contributed by atoms with E-state index in [1.807, 2.05) is 0 Å². The number of likely N-dealkylation sites (N-methyl/N-ethyl adjacent to an activating group) is 1. The summed E-state index contributed by atoms with van der Waals surface area (Å²) in [6.45, 7) is 7.66. The molecule has 110 valence electrons. The predicted molar refractivity (Wildman–Crippen MR) is 83.6 cm³/mol. The number of benzene rings is 1. The van der Waals surface area contributed by atoms with E-state index in [1.54, 1.807) is 0 Å². The van der Waals surface area contributed by atoms with Crippen LogP contribution >= 0.6 is 0 Å². The van der Waals surface area contributed by atoms with E-state index >= 15 is 0 Å². The first-order valence-electron chi connectivity index (χ1n) is 7.83. The number of aryl methyl sites for hydroxylation is 1. The minimum atomic E-state index is 0.206. The van der Waals surface area contributed by atoms with Gasteiger partial charge in [0.15, 0.2) is 0 Å². The zero-order valence-electron chi connectivity index (χ0n) is 12.8. The van der Waals surface area contributed by atoms with Gasteiger partial charge in [-0.25, -0.2) is 0 Å². The van der Waals surface area contributed by atoms with Crippen molar-refractivity contribution in [2.45, 2.75) is 31.8 Å². The average molecular weight is 273 g/mol. The number of piperidine rings is 1. The van der Waals surface area contributed by atoms with Crippen LogP contribution in [0.15, 0.2) is 24.3 Å². The van der Waals surface area contributed by atoms with Gasteiger partial charge in [-0.1, -0.05) is 29.8 Å². The molecule has 2 fully saturated rings. The van der Waals surface area contributed by atoms with Gasteiger partial charge in [0.25, 0.3) is 0 Å². The topological polar surface area (TPSA) is 32.5 Å². The second-order valence-corrected chi connectivity index (χ2v) is 6.69. The van der Waals surface area contributed by atoms with E-state index in [4.69, 9.17) is 5.73 Å². The lowest BCUT2D eigenvalue weighted by Gasteiger charge is -2.48. The highest BCUT2D eigenvalue weighted by Gasteiger charge is 2.47. The first-order valence-corrected chi connectivity index (χ1v) is 7.83. The van der Waals surface area contributed by atoms with Crippen LogP contribution in [-0.4, -0.2) is 48.6 Å². The molecule has 20 heavy (non-hydrogen) atoms. The minimum Gasteiger partial charge on any atom is -0.329 e. The maximum absolute atomic E-state index is 6.24. The SMILES string of the molecule is Cc1ccc(CN(C)C2(CN)CCN3CCC2C3)cc1. The molecule has 2 N–H and O–H groups in total. The minimum absolute atomic E-state index is 0.206. The van der Waals surface area contributed by atoms with Crippen LogP contribution in [0.3, 0.4) is 0 Å². The van der Waals surface area contributed by atoms with Gasteiger partial charge in [0.1, 0.15) is 0 Å². The van der Waals surface area contributed by atoms with Crippen molar-refractivity contribution in [2.24, 2.45) is 11.7 Å². The molecule has 0 amide bonds. The molecule has 1 aromatic carbocycles. The third-order valence-electron chi connectivity index (χ3n) is 5.55. The second kappa shape index (κ2) is 5.47. The molecule has 3 heteroatoms. The maximum atomic E-state index is 6.24. The van der Waals surface area contributed by atoms with Gasteiger partial charge in [0.2, 0.25) is 0 Å². The molecule has 1 aromatic rings. The predicted octanol–water partition coefficient (Wildman–Crippen LogP) is 1.85. The van der Waals surface area contributed by atoms with Gasteiger partial charge >= 0.3 is 0 Å². The summed E-state index contributed by atoms with van der Waals surface area (Å²) >= 11 is 0. The molecule has 2 aliphatic heterocycles. The zero-order valence-corrected chi connectivity index (χ0v) is 12.8. The smallest absolute Gasteiger partial charge is 0.0385 e. The molecular weight excluding hydrogens is 246 g/mol. The van der Waals surface area contributed by atoms with Crippen molar-refractivity contribution in [2.75, 3.05) is 33.2 Å². The summed E-state index contributed by atoms with van der Waals surface area (Å²) in [6.07, 6.45) is 2.53. The Hall–Kier alpha value is -0.900. The summed E-state index contributed by atoms with van der Waals surface area (Å²) in [4.78, 5) is 5.13. The van der Waals surface area contributed by atoms with Crippen LogP contribution in [0.2, 0.25) is 0 Å². The summed E-state index contributed by atoms with van der Waals surface area (Å²) in [5, 5.41) is 0.